The van der Waals surface area contributed by atoms with Crippen LogP contribution in [0.1, 0.15) is 37.6 Å². The first-order chi connectivity index (χ1) is 8.49. The van der Waals surface area contributed by atoms with Crippen LogP contribution in [0.3, 0.4) is 0 Å². The zero-order valence-electron chi connectivity index (χ0n) is 11.2. The van der Waals surface area contributed by atoms with Gasteiger partial charge in [0.1, 0.15) is 5.82 Å². The average Bonchev–Trinajstić information content (AvgIpc) is 2.26. The lowest BCUT2D eigenvalue weighted by Gasteiger charge is -2.37. The Kier molecular flexibility index (Phi) is 3.69. The average molecular weight is 249 g/mol. The van der Waals surface area contributed by atoms with Crippen LogP contribution in [-0.2, 0) is 0 Å². The Bertz CT molecular complexity index is 448. The molecule has 1 aromatic rings. The number of hydrogen-bond acceptors (Lipinski definition) is 2. The lowest BCUT2D eigenvalue weighted by atomic mass is 9.91. The molecule has 0 aliphatic carbocycles. The smallest absolute Gasteiger partial charge is 0.164 e. The number of carbonyl (C=O) groups excluding carboxylic acids is 1. The van der Waals surface area contributed by atoms with E-state index in [4.69, 9.17) is 0 Å². The summed E-state index contributed by atoms with van der Waals surface area (Å²) in [4.78, 5) is 13.8. The minimum absolute atomic E-state index is 0.200. The molecule has 0 N–H and O–H groups in total. The number of Topliss-reactive ketones (excluding diaryl/α,β-unsaturated/α-hetero) is 1. The van der Waals surface area contributed by atoms with Crippen LogP contribution in [0.2, 0.25) is 0 Å². The zero-order chi connectivity index (χ0) is 13.3. The van der Waals surface area contributed by atoms with Crippen molar-refractivity contribution in [3.8, 4) is 0 Å². The van der Waals surface area contributed by atoms with Crippen LogP contribution in [-0.4, -0.2) is 18.9 Å². The summed E-state index contributed by atoms with van der Waals surface area (Å²) < 4.78 is 13.8. The van der Waals surface area contributed by atoms with Crippen LogP contribution in [0.25, 0.3) is 0 Å². The Labute approximate surface area is 108 Å². The normalized spacial score (nSPS) is 24.1. The van der Waals surface area contributed by atoms with Crippen molar-refractivity contribution in [2.24, 2.45) is 11.8 Å². The number of hydrogen-bond donors (Lipinski definition) is 0. The maximum atomic E-state index is 13.8. The van der Waals surface area contributed by atoms with E-state index in [2.05, 4.69) is 18.7 Å². The van der Waals surface area contributed by atoms with Crippen molar-refractivity contribution in [2.45, 2.75) is 27.2 Å². The van der Waals surface area contributed by atoms with Crippen molar-refractivity contribution in [1.29, 1.82) is 0 Å². The summed E-state index contributed by atoms with van der Waals surface area (Å²) in [5, 5.41) is 0. The van der Waals surface area contributed by atoms with Gasteiger partial charge in [0, 0.05) is 13.1 Å². The van der Waals surface area contributed by atoms with E-state index in [1.165, 1.54) is 19.4 Å². The summed E-state index contributed by atoms with van der Waals surface area (Å²) in [7, 11) is 0. The highest BCUT2D eigenvalue weighted by Crippen LogP contribution is 2.30. The van der Waals surface area contributed by atoms with Gasteiger partial charge in [-0.2, -0.15) is 0 Å². The molecule has 1 saturated heterocycles. The number of halogens is 1. The van der Waals surface area contributed by atoms with Crippen LogP contribution in [0, 0.1) is 17.7 Å². The van der Waals surface area contributed by atoms with Crippen molar-refractivity contribution in [1.82, 2.24) is 0 Å². The van der Waals surface area contributed by atoms with E-state index in [-0.39, 0.29) is 11.3 Å². The summed E-state index contributed by atoms with van der Waals surface area (Å²) >= 11 is 0. The third kappa shape index (κ3) is 2.55. The first-order valence-electron chi connectivity index (χ1n) is 6.53. The molecule has 2 atom stereocenters. The molecular weight excluding hydrogens is 229 g/mol. The third-order valence-corrected chi connectivity index (χ3v) is 3.55. The first kappa shape index (κ1) is 13.1. The van der Waals surface area contributed by atoms with Crippen molar-refractivity contribution >= 4 is 11.5 Å². The van der Waals surface area contributed by atoms with Crippen molar-refractivity contribution in [3.05, 3.63) is 29.6 Å². The second kappa shape index (κ2) is 5.09. The van der Waals surface area contributed by atoms with Gasteiger partial charge in [0.15, 0.2) is 5.78 Å². The number of benzene rings is 1. The van der Waals surface area contributed by atoms with E-state index < -0.39 is 5.82 Å². The predicted octanol–water partition coefficient (Wildman–Crippen LogP) is 3.51. The van der Waals surface area contributed by atoms with E-state index in [1.54, 1.807) is 6.07 Å². The van der Waals surface area contributed by atoms with Crippen molar-refractivity contribution in [2.75, 3.05) is 18.0 Å². The van der Waals surface area contributed by atoms with Gasteiger partial charge in [0.25, 0.3) is 0 Å². The Balaban J connectivity index is 2.38. The molecule has 18 heavy (non-hydrogen) atoms. The lowest BCUT2D eigenvalue weighted by Crippen LogP contribution is -2.39. The Morgan fingerprint density at radius 3 is 2.44 bits per heavy atom. The van der Waals surface area contributed by atoms with E-state index in [0.717, 1.165) is 18.8 Å². The van der Waals surface area contributed by atoms with E-state index in [1.807, 2.05) is 6.07 Å². The fourth-order valence-corrected chi connectivity index (χ4v) is 2.98. The van der Waals surface area contributed by atoms with Crippen LogP contribution in [0.4, 0.5) is 10.1 Å². The highest BCUT2D eigenvalue weighted by molar-refractivity contribution is 6.00. The van der Waals surface area contributed by atoms with Crippen LogP contribution < -0.4 is 4.90 Å². The quantitative estimate of drug-likeness (QED) is 0.747. The number of anilines is 1. The van der Waals surface area contributed by atoms with Gasteiger partial charge < -0.3 is 4.90 Å². The second-order valence-corrected chi connectivity index (χ2v) is 5.54. The standard InChI is InChI=1S/C15H20FNO/c1-10-7-11(2)9-17(8-10)14-6-4-5-13(16)15(14)12(3)18/h4-6,10-11H,7-9H2,1-3H3. The molecule has 1 aromatic carbocycles. The summed E-state index contributed by atoms with van der Waals surface area (Å²) in [6.45, 7) is 7.63. The molecule has 1 fully saturated rings. The van der Waals surface area contributed by atoms with Crippen molar-refractivity contribution < 1.29 is 9.18 Å². The maximum Gasteiger partial charge on any atom is 0.164 e. The molecule has 0 saturated carbocycles. The monoisotopic (exact) mass is 249 g/mol. The summed E-state index contributed by atoms with van der Waals surface area (Å²) in [6.07, 6.45) is 1.20. The van der Waals surface area contributed by atoms with Gasteiger partial charge in [0.2, 0.25) is 0 Å². The van der Waals surface area contributed by atoms with E-state index >= 15 is 0 Å². The Hall–Kier alpha value is -1.38. The third-order valence-electron chi connectivity index (χ3n) is 3.55. The molecule has 1 aliphatic heterocycles. The Morgan fingerprint density at radius 1 is 1.28 bits per heavy atom. The molecule has 2 rings (SSSR count). The summed E-state index contributed by atoms with van der Waals surface area (Å²) in [6, 6.07) is 4.89. The van der Waals surface area contributed by atoms with E-state index in [9.17, 15) is 9.18 Å². The largest absolute Gasteiger partial charge is 0.370 e. The minimum atomic E-state index is -0.411. The fourth-order valence-electron chi connectivity index (χ4n) is 2.98. The second-order valence-electron chi connectivity index (χ2n) is 5.54. The molecule has 0 aromatic heterocycles. The van der Waals surface area contributed by atoms with Gasteiger partial charge in [-0.1, -0.05) is 19.9 Å². The topological polar surface area (TPSA) is 20.3 Å². The van der Waals surface area contributed by atoms with Gasteiger partial charge in [-0.15, -0.1) is 0 Å². The van der Waals surface area contributed by atoms with Gasteiger partial charge in [-0.3, -0.25) is 4.79 Å². The zero-order valence-corrected chi connectivity index (χ0v) is 11.2. The first-order valence-corrected chi connectivity index (χ1v) is 6.53. The number of nitrogens with zero attached hydrogens (tertiary/aromatic N) is 1. The summed E-state index contributed by atoms with van der Waals surface area (Å²) in [5.74, 6) is 0.550. The fraction of sp³-hybridized carbons (Fsp3) is 0.533. The molecule has 1 heterocycles. The molecule has 3 heteroatoms. The number of piperidine rings is 1. The van der Waals surface area contributed by atoms with Crippen LogP contribution >= 0.6 is 0 Å². The molecule has 0 radical (unpaired) electrons. The molecule has 2 unspecified atom stereocenters. The van der Waals surface area contributed by atoms with E-state index in [0.29, 0.717) is 11.8 Å². The molecule has 0 spiro atoms. The highest BCUT2D eigenvalue weighted by Gasteiger charge is 2.25. The predicted molar refractivity (Wildman–Crippen MR) is 71.6 cm³/mol. The summed E-state index contributed by atoms with van der Waals surface area (Å²) in [5.41, 5.74) is 0.986. The van der Waals surface area contributed by atoms with Crippen LogP contribution in [0.5, 0.6) is 0 Å². The lowest BCUT2D eigenvalue weighted by molar-refractivity contribution is 0.101. The maximum absolute atomic E-state index is 13.8. The molecule has 0 amide bonds. The van der Waals surface area contributed by atoms with Gasteiger partial charge >= 0.3 is 0 Å². The minimum Gasteiger partial charge on any atom is -0.370 e. The molecule has 1 aliphatic rings. The number of rotatable bonds is 2. The van der Waals surface area contributed by atoms with Crippen molar-refractivity contribution in [3.63, 3.8) is 0 Å². The SMILES string of the molecule is CC(=O)c1c(F)cccc1N1CC(C)CC(C)C1. The Morgan fingerprint density at radius 2 is 1.89 bits per heavy atom. The molecular formula is C15H20FNO. The van der Waals surface area contributed by atoms with Gasteiger partial charge in [-0.25, -0.2) is 4.39 Å². The van der Waals surface area contributed by atoms with Crippen LogP contribution in [0.15, 0.2) is 18.2 Å². The highest BCUT2D eigenvalue weighted by atomic mass is 19.1. The molecule has 98 valence electrons. The molecule has 0 bridgehead atoms. The number of carbonyl (C=O) groups is 1. The van der Waals surface area contributed by atoms with Gasteiger partial charge in [-0.05, 0) is 37.3 Å². The van der Waals surface area contributed by atoms with Gasteiger partial charge in [0.05, 0.1) is 11.3 Å². The number of ketones is 1. The molecule has 2 nitrogen and oxygen atoms in total.